The minimum atomic E-state index is -3.03. The Hall–Kier alpha value is -1.96. The summed E-state index contributed by atoms with van der Waals surface area (Å²) < 4.78 is 18.4. The number of hydrogen-bond acceptors (Lipinski definition) is 2. The molecule has 0 bridgehead atoms. The van der Waals surface area contributed by atoms with Crippen LogP contribution in [0.4, 0.5) is 0 Å². The third kappa shape index (κ3) is 2.96. The molecule has 0 unspecified atom stereocenters. The van der Waals surface area contributed by atoms with Crippen molar-refractivity contribution < 1.29 is 4.57 Å². The van der Waals surface area contributed by atoms with Crippen LogP contribution in [0.25, 0.3) is 0 Å². The molecule has 0 atom stereocenters. The maximum Gasteiger partial charge on any atom is 0.247 e. The summed E-state index contributed by atoms with van der Waals surface area (Å²) in [7, 11) is -3.03. The molecule has 0 saturated heterocycles. The molecule has 1 aromatic heterocycles. The lowest BCUT2D eigenvalue weighted by molar-refractivity contribution is 0.588. The first kappa shape index (κ1) is 15.0. The topological polar surface area (TPSA) is 29.4 Å². The van der Waals surface area contributed by atoms with Gasteiger partial charge in [0.15, 0.2) is 0 Å². The summed E-state index contributed by atoms with van der Waals surface area (Å²) >= 11 is 1.61. The van der Waals surface area contributed by atoms with Crippen LogP contribution in [0.2, 0.25) is 0 Å². The molecule has 0 aliphatic heterocycles. The summed E-state index contributed by atoms with van der Waals surface area (Å²) in [5.41, 5.74) is 0.811. The predicted octanol–water partition coefficient (Wildman–Crippen LogP) is 4.49. The zero-order valence-corrected chi connectivity index (χ0v) is 13.9. The van der Waals surface area contributed by atoms with Crippen molar-refractivity contribution in [3.63, 3.8) is 0 Å². The Kier molecular flexibility index (Phi) is 4.37. The van der Waals surface area contributed by atoms with Crippen molar-refractivity contribution in [2.75, 3.05) is 0 Å². The second kappa shape index (κ2) is 6.43. The van der Waals surface area contributed by atoms with Crippen molar-refractivity contribution in [1.29, 1.82) is 0 Å². The van der Waals surface area contributed by atoms with Crippen LogP contribution in [0.5, 0.6) is 0 Å². The lowest BCUT2D eigenvalue weighted by Gasteiger charge is -2.15. The summed E-state index contributed by atoms with van der Waals surface area (Å²) in [6, 6.07) is 23.0. The molecular weight excluding hydrogens is 309 g/mol. The molecule has 3 rings (SSSR count). The molecule has 2 aromatic carbocycles. The standard InChI is InChI=1S/C18H16NOPS/c1-15(18-13-8-14-22-18)19-21(20,16-9-4-2-5-10-16)17-11-6-3-7-12-17/h2-14H,1H3/b19-15+. The van der Waals surface area contributed by atoms with Gasteiger partial charge in [0.25, 0.3) is 0 Å². The Morgan fingerprint density at radius 2 is 1.41 bits per heavy atom. The molecule has 4 heteroatoms. The van der Waals surface area contributed by atoms with Crippen LogP contribution in [-0.2, 0) is 4.57 Å². The van der Waals surface area contributed by atoms with E-state index in [-0.39, 0.29) is 0 Å². The minimum Gasteiger partial charge on any atom is -0.288 e. The van der Waals surface area contributed by atoms with Crippen molar-refractivity contribution in [3.05, 3.63) is 83.1 Å². The minimum absolute atomic E-state index is 0.761. The Morgan fingerprint density at radius 3 is 1.86 bits per heavy atom. The van der Waals surface area contributed by atoms with Crippen LogP contribution in [0, 0.1) is 0 Å². The SMILES string of the molecule is C/C(=N\P(=O)(c1ccccc1)c1ccccc1)c1cccs1. The molecule has 0 fully saturated rings. The van der Waals surface area contributed by atoms with Crippen LogP contribution >= 0.6 is 18.6 Å². The molecule has 1 heterocycles. The van der Waals surface area contributed by atoms with Gasteiger partial charge >= 0.3 is 0 Å². The van der Waals surface area contributed by atoms with Crippen LogP contribution < -0.4 is 10.6 Å². The maximum absolute atomic E-state index is 13.7. The summed E-state index contributed by atoms with van der Waals surface area (Å²) in [5.74, 6) is 0. The molecule has 0 aliphatic rings. The fourth-order valence-electron chi connectivity index (χ4n) is 2.27. The highest BCUT2D eigenvalue weighted by Gasteiger charge is 2.26. The van der Waals surface area contributed by atoms with Crippen LogP contribution in [0.1, 0.15) is 11.8 Å². The first-order chi connectivity index (χ1) is 10.7. The van der Waals surface area contributed by atoms with Gasteiger partial charge in [-0.1, -0.05) is 42.5 Å². The fourth-order valence-corrected chi connectivity index (χ4v) is 5.23. The third-order valence-corrected chi connectivity index (χ3v) is 6.94. The van der Waals surface area contributed by atoms with Gasteiger partial charge < -0.3 is 0 Å². The molecular formula is C18H16NOPS. The van der Waals surface area contributed by atoms with Gasteiger partial charge in [-0.3, -0.25) is 4.57 Å². The summed E-state index contributed by atoms with van der Waals surface area (Å²) in [5, 5.41) is 3.53. The average Bonchev–Trinajstić information content (AvgIpc) is 3.11. The molecule has 0 saturated carbocycles. The zero-order chi connectivity index (χ0) is 15.4. The molecule has 2 nitrogen and oxygen atoms in total. The Balaban J connectivity index is 2.17. The quantitative estimate of drug-likeness (QED) is 0.513. The van der Waals surface area contributed by atoms with Gasteiger partial charge in [-0.25, -0.2) is 4.76 Å². The lowest BCUT2D eigenvalue weighted by Crippen LogP contribution is -2.15. The number of hydrogen-bond donors (Lipinski definition) is 0. The van der Waals surface area contributed by atoms with Crippen molar-refractivity contribution in [2.24, 2.45) is 4.76 Å². The molecule has 0 amide bonds. The molecule has 110 valence electrons. The maximum atomic E-state index is 13.7. The molecule has 0 N–H and O–H groups in total. The monoisotopic (exact) mass is 325 g/mol. The Morgan fingerprint density at radius 1 is 0.864 bits per heavy atom. The van der Waals surface area contributed by atoms with E-state index in [1.807, 2.05) is 85.1 Å². The Bertz CT molecular complexity index is 767. The van der Waals surface area contributed by atoms with Crippen LogP contribution in [-0.4, -0.2) is 5.71 Å². The van der Waals surface area contributed by atoms with Gasteiger partial charge in [-0.15, -0.1) is 11.3 Å². The van der Waals surface area contributed by atoms with Gasteiger partial charge in [0, 0.05) is 15.5 Å². The number of nitrogens with zero attached hydrogens (tertiary/aromatic N) is 1. The van der Waals surface area contributed by atoms with Crippen molar-refractivity contribution in [1.82, 2.24) is 0 Å². The van der Waals surface area contributed by atoms with E-state index in [4.69, 9.17) is 0 Å². The van der Waals surface area contributed by atoms with Crippen molar-refractivity contribution in [3.8, 4) is 0 Å². The van der Waals surface area contributed by atoms with E-state index in [0.717, 1.165) is 21.2 Å². The first-order valence-electron chi connectivity index (χ1n) is 7.02. The van der Waals surface area contributed by atoms with Crippen molar-refractivity contribution >= 4 is 35.0 Å². The lowest BCUT2D eigenvalue weighted by atomic mass is 10.3. The predicted molar refractivity (Wildman–Crippen MR) is 96.3 cm³/mol. The fraction of sp³-hybridized carbons (Fsp3) is 0.0556. The van der Waals surface area contributed by atoms with Crippen LogP contribution in [0.3, 0.4) is 0 Å². The van der Waals surface area contributed by atoms with E-state index in [9.17, 15) is 4.57 Å². The largest absolute Gasteiger partial charge is 0.288 e. The van der Waals surface area contributed by atoms with Gasteiger partial charge in [0.05, 0.1) is 5.71 Å². The third-order valence-electron chi connectivity index (χ3n) is 3.38. The highest BCUT2D eigenvalue weighted by Crippen LogP contribution is 2.45. The normalized spacial score (nSPS) is 12.3. The van der Waals surface area contributed by atoms with E-state index >= 15 is 0 Å². The molecule has 0 radical (unpaired) electrons. The van der Waals surface area contributed by atoms with Gasteiger partial charge in [0.1, 0.15) is 0 Å². The van der Waals surface area contributed by atoms with Gasteiger partial charge in [-0.2, -0.15) is 0 Å². The molecule has 0 spiro atoms. The molecule has 3 aromatic rings. The summed E-state index contributed by atoms with van der Waals surface area (Å²) in [4.78, 5) is 1.05. The van der Waals surface area contributed by atoms with Crippen molar-refractivity contribution in [2.45, 2.75) is 6.92 Å². The highest BCUT2D eigenvalue weighted by atomic mass is 32.1. The smallest absolute Gasteiger partial charge is 0.247 e. The van der Waals surface area contributed by atoms with Gasteiger partial charge in [0.2, 0.25) is 7.29 Å². The van der Waals surface area contributed by atoms with E-state index in [1.54, 1.807) is 11.3 Å². The van der Waals surface area contributed by atoms with E-state index in [2.05, 4.69) is 4.76 Å². The number of benzene rings is 2. The molecule has 22 heavy (non-hydrogen) atoms. The number of thiophene rings is 1. The first-order valence-corrected chi connectivity index (χ1v) is 9.56. The second-order valence-corrected chi connectivity index (χ2v) is 8.24. The van der Waals surface area contributed by atoms with Gasteiger partial charge in [-0.05, 0) is 42.6 Å². The second-order valence-electron chi connectivity index (χ2n) is 4.91. The average molecular weight is 325 g/mol. The molecule has 0 aliphatic carbocycles. The highest BCUT2D eigenvalue weighted by molar-refractivity contribution is 7.77. The summed E-state index contributed by atoms with van der Waals surface area (Å²) in [6.45, 7) is 1.92. The van der Waals surface area contributed by atoms with E-state index in [1.165, 1.54) is 0 Å². The van der Waals surface area contributed by atoms with E-state index in [0.29, 0.717) is 0 Å². The number of rotatable bonds is 4. The Labute approximate surface area is 134 Å². The zero-order valence-electron chi connectivity index (χ0n) is 12.2. The summed E-state index contributed by atoms with van der Waals surface area (Å²) in [6.07, 6.45) is 0. The van der Waals surface area contributed by atoms with Crippen LogP contribution in [0.15, 0.2) is 82.9 Å². The van der Waals surface area contributed by atoms with E-state index < -0.39 is 7.29 Å².